The zero-order chi connectivity index (χ0) is 23.9. The van der Waals surface area contributed by atoms with Gasteiger partial charge in [0.1, 0.15) is 0 Å². The summed E-state index contributed by atoms with van der Waals surface area (Å²) >= 11 is 0. The van der Waals surface area contributed by atoms with Crippen molar-refractivity contribution in [3.8, 4) is 0 Å². The smallest absolute Gasteiger partial charge is 0.240 e. The third-order valence-corrected chi connectivity index (χ3v) is 9.40. The summed E-state index contributed by atoms with van der Waals surface area (Å²) in [7, 11) is -1.53. The number of sulfonamides is 1. The van der Waals surface area contributed by atoms with Gasteiger partial charge in [-0.15, -0.1) is 0 Å². The second-order valence-electron chi connectivity index (χ2n) is 10.2. The SMILES string of the molecule is CC(=O)Nc1ccc(S(=O)(=O)NC[C@H]2C[C@H]3CCN2C[C@@H]3c2cc(C3CCCC3)nn2C)cc1. The molecule has 9 heteroatoms. The van der Waals surface area contributed by atoms with Crippen molar-refractivity contribution in [3.05, 3.63) is 41.7 Å². The summed E-state index contributed by atoms with van der Waals surface area (Å²) in [6.45, 7) is 3.82. The molecule has 3 saturated heterocycles. The first-order valence-corrected chi connectivity index (χ1v) is 13.9. The van der Waals surface area contributed by atoms with E-state index in [-0.39, 0.29) is 16.8 Å². The van der Waals surface area contributed by atoms with Crippen LogP contribution in [0.25, 0.3) is 0 Å². The zero-order valence-electron chi connectivity index (χ0n) is 20.0. The van der Waals surface area contributed by atoms with Crippen LogP contribution in [-0.4, -0.2) is 54.7 Å². The number of rotatable bonds is 7. The Kier molecular flexibility index (Phi) is 6.52. The predicted octanol–water partition coefficient (Wildman–Crippen LogP) is 3.19. The predicted molar refractivity (Wildman–Crippen MR) is 131 cm³/mol. The number of aromatic nitrogens is 2. The van der Waals surface area contributed by atoms with Gasteiger partial charge in [0.25, 0.3) is 0 Å². The highest BCUT2D eigenvalue weighted by Crippen LogP contribution is 2.43. The van der Waals surface area contributed by atoms with Gasteiger partial charge in [-0.3, -0.25) is 14.4 Å². The molecule has 184 valence electrons. The quantitative estimate of drug-likeness (QED) is 0.628. The van der Waals surface area contributed by atoms with E-state index in [0.717, 1.165) is 25.9 Å². The second-order valence-corrected chi connectivity index (χ2v) is 12.0. The lowest BCUT2D eigenvalue weighted by molar-refractivity contribution is -0.114. The van der Waals surface area contributed by atoms with E-state index >= 15 is 0 Å². The lowest BCUT2D eigenvalue weighted by atomic mass is 9.74. The molecule has 34 heavy (non-hydrogen) atoms. The standard InChI is InChI=1S/C25H35N5O3S/c1-17(31)27-20-7-9-22(10-8-20)34(32,33)26-15-21-13-19-11-12-30(21)16-23(19)25-14-24(28-29(25)2)18-5-3-4-6-18/h7-10,14,18-19,21,23,26H,3-6,11-13,15-16H2,1-2H3,(H,27,31)/t19-,21-,23+/m1/s1. The summed E-state index contributed by atoms with van der Waals surface area (Å²) in [5.74, 6) is 1.46. The van der Waals surface area contributed by atoms with Crippen LogP contribution in [0.15, 0.2) is 35.2 Å². The number of piperidine rings is 3. The van der Waals surface area contributed by atoms with Crippen LogP contribution < -0.4 is 10.0 Å². The van der Waals surface area contributed by atoms with Crippen LogP contribution in [0, 0.1) is 5.92 Å². The van der Waals surface area contributed by atoms with Gasteiger partial charge in [0.15, 0.2) is 0 Å². The molecule has 2 bridgehead atoms. The Bertz CT molecular complexity index is 1140. The molecule has 1 unspecified atom stereocenters. The Morgan fingerprint density at radius 2 is 1.88 bits per heavy atom. The van der Waals surface area contributed by atoms with Gasteiger partial charge in [-0.05, 0) is 68.5 Å². The molecule has 0 radical (unpaired) electrons. The first-order valence-electron chi connectivity index (χ1n) is 12.5. The molecule has 2 aromatic rings. The fourth-order valence-corrected chi connectivity index (χ4v) is 7.24. The van der Waals surface area contributed by atoms with Crippen LogP contribution in [0.5, 0.6) is 0 Å². The summed E-state index contributed by atoms with van der Waals surface area (Å²) < 4.78 is 30.6. The van der Waals surface area contributed by atoms with Gasteiger partial charge >= 0.3 is 0 Å². The van der Waals surface area contributed by atoms with Crippen molar-refractivity contribution in [1.82, 2.24) is 19.4 Å². The van der Waals surface area contributed by atoms with Crippen LogP contribution in [0.2, 0.25) is 0 Å². The van der Waals surface area contributed by atoms with Crippen molar-refractivity contribution < 1.29 is 13.2 Å². The fraction of sp³-hybridized carbons (Fsp3) is 0.600. The Balaban J connectivity index is 1.21. The molecule has 4 fully saturated rings. The van der Waals surface area contributed by atoms with E-state index in [1.54, 1.807) is 12.1 Å². The lowest BCUT2D eigenvalue weighted by Gasteiger charge is -2.50. The van der Waals surface area contributed by atoms with Crippen LogP contribution in [0.4, 0.5) is 5.69 Å². The maximum Gasteiger partial charge on any atom is 0.240 e. The number of hydrogen-bond acceptors (Lipinski definition) is 5. The van der Waals surface area contributed by atoms with Gasteiger partial charge in [0, 0.05) is 56.3 Å². The van der Waals surface area contributed by atoms with Crippen molar-refractivity contribution in [2.24, 2.45) is 13.0 Å². The van der Waals surface area contributed by atoms with Gasteiger partial charge in [-0.25, -0.2) is 13.1 Å². The molecule has 3 aliphatic heterocycles. The van der Waals surface area contributed by atoms with Crippen LogP contribution >= 0.6 is 0 Å². The fourth-order valence-electron chi connectivity index (χ4n) is 6.17. The van der Waals surface area contributed by atoms with Crippen molar-refractivity contribution in [2.45, 2.75) is 68.2 Å². The highest BCUT2D eigenvalue weighted by atomic mass is 32.2. The third-order valence-electron chi connectivity index (χ3n) is 7.96. The Morgan fingerprint density at radius 3 is 2.53 bits per heavy atom. The number of nitrogens with zero attached hydrogens (tertiary/aromatic N) is 3. The first kappa shape index (κ1) is 23.5. The van der Waals surface area contributed by atoms with Crippen molar-refractivity contribution in [3.63, 3.8) is 0 Å². The van der Waals surface area contributed by atoms with E-state index < -0.39 is 10.0 Å². The molecule has 4 atom stereocenters. The molecule has 8 nitrogen and oxygen atoms in total. The molecule has 0 spiro atoms. The summed E-state index contributed by atoms with van der Waals surface area (Å²) in [4.78, 5) is 13.8. The monoisotopic (exact) mass is 485 g/mol. The molecular weight excluding hydrogens is 450 g/mol. The van der Waals surface area contributed by atoms with Crippen molar-refractivity contribution >= 4 is 21.6 Å². The van der Waals surface area contributed by atoms with E-state index in [2.05, 4.69) is 32.7 Å². The van der Waals surface area contributed by atoms with Crippen molar-refractivity contribution in [1.29, 1.82) is 0 Å². The number of benzene rings is 1. The Hall–Kier alpha value is -2.23. The molecule has 1 saturated carbocycles. The molecule has 1 amide bonds. The first-order chi connectivity index (χ1) is 16.3. The number of amides is 1. The molecule has 4 heterocycles. The summed E-state index contributed by atoms with van der Waals surface area (Å²) in [6, 6.07) is 8.85. The number of hydrogen-bond donors (Lipinski definition) is 2. The molecule has 2 N–H and O–H groups in total. The lowest BCUT2D eigenvalue weighted by Crippen LogP contribution is -2.56. The van der Waals surface area contributed by atoms with E-state index in [1.807, 2.05) is 0 Å². The minimum atomic E-state index is -3.60. The van der Waals surface area contributed by atoms with Gasteiger partial charge < -0.3 is 5.32 Å². The number of fused-ring (bicyclic) bond motifs is 3. The molecule has 1 aromatic carbocycles. The van der Waals surface area contributed by atoms with E-state index in [0.29, 0.717) is 30.0 Å². The average Bonchev–Trinajstić information content (AvgIpc) is 3.48. The van der Waals surface area contributed by atoms with E-state index in [4.69, 9.17) is 5.10 Å². The average molecular weight is 486 g/mol. The molecule has 6 rings (SSSR count). The second kappa shape index (κ2) is 9.43. The normalized spacial score (nSPS) is 27.2. The van der Waals surface area contributed by atoms with Crippen LogP contribution in [-0.2, 0) is 21.9 Å². The maximum atomic E-state index is 12.8. The van der Waals surface area contributed by atoms with Crippen molar-refractivity contribution in [2.75, 3.05) is 25.0 Å². The maximum absolute atomic E-state index is 12.8. The van der Waals surface area contributed by atoms with E-state index in [1.165, 1.54) is 56.1 Å². The van der Waals surface area contributed by atoms with Gasteiger partial charge in [0.05, 0.1) is 10.6 Å². The summed E-state index contributed by atoms with van der Waals surface area (Å²) in [5, 5.41) is 7.53. The number of anilines is 1. The number of aryl methyl sites for hydroxylation is 1. The minimum absolute atomic E-state index is 0.186. The zero-order valence-corrected chi connectivity index (χ0v) is 20.9. The topological polar surface area (TPSA) is 96.3 Å². The van der Waals surface area contributed by atoms with Crippen LogP contribution in [0.1, 0.15) is 68.7 Å². The largest absolute Gasteiger partial charge is 0.326 e. The summed E-state index contributed by atoms with van der Waals surface area (Å²) in [6.07, 6.45) is 7.30. The molecular formula is C25H35N5O3S. The highest BCUT2D eigenvalue weighted by Gasteiger charge is 2.42. The Morgan fingerprint density at radius 1 is 1.15 bits per heavy atom. The minimum Gasteiger partial charge on any atom is -0.326 e. The number of carbonyl (C=O) groups is 1. The van der Waals surface area contributed by atoms with Gasteiger partial charge in [-0.1, -0.05) is 12.8 Å². The highest BCUT2D eigenvalue weighted by molar-refractivity contribution is 7.89. The van der Waals surface area contributed by atoms with Crippen LogP contribution in [0.3, 0.4) is 0 Å². The Labute approximate surface area is 202 Å². The molecule has 4 aliphatic rings. The number of nitrogens with one attached hydrogen (secondary N) is 2. The van der Waals surface area contributed by atoms with Gasteiger partial charge in [0.2, 0.25) is 15.9 Å². The molecule has 1 aliphatic carbocycles. The van der Waals surface area contributed by atoms with Gasteiger partial charge in [-0.2, -0.15) is 5.10 Å². The number of carbonyl (C=O) groups excluding carboxylic acids is 1. The molecule has 1 aromatic heterocycles. The third kappa shape index (κ3) is 4.78. The van der Waals surface area contributed by atoms with E-state index in [9.17, 15) is 13.2 Å². The summed E-state index contributed by atoms with van der Waals surface area (Å²) in [5.41, 5.74) is 3.19.